The quantitative estimate of drug-likeness (QED) is 0.548. The van der Waals surface area contributed by atoms with Gasteiger partial charge in [-0.05, 0) is 17.7 Å². The van der Waals surface area contributed by atoms with E-state index in [4.69, 9.17) is 34.9 Å². The first-order chi connectivity index (χ1) is 14.2. The van der Waals surface area contributed by atoms with Gasteiger partial charge in [-0.1, -0.05) is 6.07 Å². The molecule has 0 fully saturated rings. The second kappa shape index (κ2) is 7.65. The number of aliphatic hydroxyl groups is 1. The van der Waals surface area contributed by atoms with E-state index in [1.165, 1.54) is 26.0 Å². The minimum Gasteiger partial charge on any atom is -0.480 e. The number of carbonyl (C=O) groups is 1. The van der Waals surface area contributed by atoms with E-state index in [1.54, 1.807) is 18.2 Å². The van der Waals surface area contributed by atoms with Gasteiger partial charge in [0.05, 0.1) is 29.8 Å². The van der Waals surface area contributed by atoms with E-state index in [1.807, 2.05) is 6.07 Å². The Morgan fingerprint density at radius 1 is 1.13 bits per heavy atom. The Kier molecular flexibility index (Phi) is 5.23. The van der Waals surface area contributed by atoms with Crippen molar-refractivity contribution in [2.24, 2.45) is 11.8 Å². The third kappa shape index (κ3) is 3.57. The minimum atomic E-state index is -1.52. The summed E-state index contributed by atoms with van der Waals surface area (Å²) in [6.45, 7) is 2.82. The SMILES string of the molecule is CC1(C)OC(=O)C([C@@H](c2ccc3c(c2)OCO3)[C@@H](C#N)C(=N)C(C#N)C#N)=C(O)O1. The van der Waals surface area contributed by atoms with E-state index >= 15 is 0 Å². The lowest BCUT2D eigenvalue weighted by atomic mass is 9.76. The lowest BCUT2D eigenvalue weighted by molar-refractivity contribution is -0.222. The van der Waals surface area contributed by atoms with Crippen LogP contribution in [0.25, 0.3) is 0 Å². The molecule has 0 amide bonds. The van der Waals surface area contributed by atoms with Crippen LogP contribution in [0.4, 0.5) is 0 Å². The molecule has 0 unspecified atom stereocenters. The van der Waals surface area contributed by atoms with Crippen LogP contribution in [0.5, 0.6) is 11.5 Å². The molecule has 2 aliphatic rings. The fourth-order valence-corrected chi connectivity index (χ4v) is 3.24. The molecule has 30 heavy (non-hydrogen) atoms. The van der Waals surface area contributed by atoms with Crippen molar-refractivity contribution in [1.82, 2.24) is 0 Å². The molecule has 10 heteroatoms. The van der Waals surface area contributed by atoms with Crippen molar-refractivity contribution in [2.75, 3.05) is 6.79 Å². The molecule has 1 aromatic carbocycles. The molecule has 2 N–H and O–H groups in total. The summed E-state index contributed by atoms with van der Waals surface area (Å²) < 4.78 is 21.1. The molecule has 0 spiro atoms. The number of nitrogens with zero attached hydrogens (tertiary/aromatic N) is 3. The first-order valence-electron chi connectivity index (χ1n) is 8.74. The summed E-state index contributed by atoms with van der Waals surface area (Å²) in [6.07, 6.45) is 0. The number of aliphatic hydroxyl groups excluding tert-OH is 1. The number of carbonyl (C=O) groups excluding carboxylic acids is 1. The topological polar surface area (TPSA) is 169 Å². The molecule has 1 aromatic rings. The normalized spacial score (nSPS) is 18.3. The summed E-state index contributed by atoms with van der Waals surface area (Å²) in [4.78, 5) is 12.7. The Balaban J connectivity index is 2.18. The van der Waals surface area contributed by atoms with Gasteiger partial charge >= 0.3 is 5.97 Å². The van der Waals surface area contributed by atoms with Crippen molar-refractivity contribution < 1.29 is 28.8 Å². The zero-order valence-electron chi connectivity index (χ0n) is 16.0. The Bertz CT molecular complexity index is 1060. The fraction of sp³-hybridized carbons (Fsp3) is 0.350. The summed E-state index contributed by atoms with van der Waals surface area (Å²) in [6, 6.07) is 9.72. The highest BCUT2D eigenvalue weighted by Gasteiger charge is 2.45. The van der Waals surface area contributed by atoms with Gasteiger partial charge in [0.15, 0.2) is 17.4 Å². The third-order valence-corrected chi connectivity index (χ3v) is 4.57. The number of rotatable bonds is 5. The standard InChI is InChI=1S/C20H16N4O6/c1-20(2)29-18(25)16(19(26)30-20)15(12(8-23)17(24)11(6-21)7-22)10-3-4-13-14(5-10)28-9-27-13/h3-5,11-12,15,24-25H,9H2,1-2H3/t12-,15+/m1/s1. The second-order valence-corrected chi connectivity index (χ2v) is 6.95. The van der Waals surface area contributed by atoms with Gasteiger partial charge < -0.3 is 29.5 Å². The zero-order chi connectivity index (χ0) is 22.1. The van der Waals surface area contributed by atoms with Crippen LogP contribution in [-0.2, 0) is 14.3 Å². The smallest absolute Gasteiger partial charge is 0.345 e. The van der Waals surface area contributed by atoms with Gasteiger partial charge in [-0.2, -0.15) is 15.8 Å². The molecule has 2 atom stereocenters. The van der Waals surface area contributed by atoms with E-state index < -0.39 is 46.7 Å². The number of hydrogen-bond acceptors (Lipinski definition) is 10. The van der Waals surface area contributed by atoms with Crippen LogP contribution in [0.2, 0.25) is 0 Å². The third-order valence-electron chi connectivity index (χ3n) is 4.57. The summed E-state index contributed by atoms with van der Waals surface area (Å²) >= 11 is 0. The Morgan fingerprint density at radius 2 is 1.80 bits per heavy atom. The Morgan fingerprint density at radius 3 is 2.40 bits per heavy atom. The van der Waals surface area contributed by atoms with E-state index in [2.05, 4.69) is 0 Å². The summed E-state index contributed by atoms with van der Waals surface area (Å²) in [7, 11) is 0. The molecule has 0 radical (unpaired) electrons. The first kappa shape index (κ1) is 20.5. The lowest BCUT2D eigenvalue weighted by Crippen LogP contribution is -2.40. The van der Waals surface area contributed by atoms with Crippen LogP contribution in [-0.4, -0.2) is 29.4 Å². The average molecular weight is 408 g/mol. The lowest BCUT2D eigenvalue weighted by Gasteiger charge is -2.34. The van der Waals surface area contributed by atoms with Gasteiger partial charge in [-0.3, -0.25) is 0 Å². The Labute approximate surface area is 171 Å². The predicted molar refractivity (Wildman–Crippen MR) is 97.8 cm³/mol. The number of benzene rings is 1. The molecule has 2 aliphatic heterocycles. The number of hydrogen-bond donors (Lipinski definition) is 2. The number of ether oxygens (including phenoxy) is 4. The number of nitrogens with one attached hydrogen (secondary N) is 1. The zero-order valence-corrected chi connectivity index (χ0v) is 16.0. The van der Waals surface area contributed by atoms with Gasteiger partial charge in [0.25, 0.3) is 11.7 Å². The average Bonchev–Trinajstić information content (AvgIpc) is 3.14. The highest BCUT2D eigenvalue weighted by molar-refractivity contribution is 5.97. The van der Waals surface area contributed by atoms with Gasteiger partial charge in [0.1, 0.15) is 5.57 Å². The Hall–Kier alpha value is -4.23. The van der Waals surface area contributed by atoms with Crippen LogP contribution >= 0.6 is 0 Å². The van der Waals surface area contributed by atoms with Crippen molar-refractivity contribution in [3.05, 3.63) is 35.3 Å². The maximum atomic E-state index is 12.7. The molecule has 10 nitrogen and oxygen atoms in total. The highest BCUT2D eigenvalue weighted by Crippen LogP contribution is 2.43. The van der Waals surface area contributed by atoms with Crippen LogP contribution < -0.4 is 9.47 Å². The molecule has 0 saturated heterocycles. The van der Waals surface area contributed by atoms with Crippen molar-refractivity contribution in [2.45, 2.75) is 25.6 Å². The summed E-state index contributed by atoms with van der Waals surface area (Å²) in [5, 5.41) is 46.9. The van der Waals surface area contributed by atoms with Gasteiger partial charge in [-0.25, -0.2) is 4.79 Å². The van der Waals surface area contributed by atoms with E-state index in [0.717, 1.165) is 0 Å². The van der Waals surface area contributed by atoms with Crippen molar-refractivity contribution >= 4 is 11.7 Å². The van der Waals surface area contributed by atoms with E-state index in [0.29, 0.717) is 17.1 Å². The van der Waals surface area contributed by atoms with E-state index in [-0.39, 0.29) is 6.79 Å². The van der Waals surface area contributed by atoms with Gasteiger partial charge in [0.2, 0.25) is 6.79 Å². The molecule has 152 valence electrons. The summed E-state index contributed by atoms with van der Waals surface area (Å²) in [5.41, 5.74) is -0.630. The molecule has 0 aliphatic carbocycles. The second-order valence-electron chi connectivity index (χ2n) is 6.95. The first-order valence-corrected chi connectivity index (χ1v) is 8.74. The maximum absolute atomic E-state index is 12.7. The molecule has 0 saturated carbocycles. The number of esters is 1. The van der Waals surface area contributed by atoms with Crippen LogP contribution in [0.1, 0.15) is 25.3 Å². The number of fused-ring (bicyclic) bond motifs is 1. The molecule has 3 rings (SSSR count). The van der Waals surface area contributed by atoms with Gasteiger partial charge in [-0.15, -0.1) is 0 Å². The molecular weight excluding hydrogens is 392 g/mol. The van der Waals surface area contributed by atoms with Crippen molar-refractivity contribution in [3.8, 4) is 29.7 Å². The minimum absolute atomic E-state index is 0.0147. The van der Waals surface area contributed by atoms with Crippen molar-refractivity contribution in [1.29, 1.82) is 21.2 Å². The van der Waals surface area contributed by atoms with E-state index in [9.17, 15) is 15.2 Å². The number of nitriles is 3. The predicted octanol–water partition coefficient (Wildman–Crippen LogP) is 2.40. The van der Waals surface area contributed by atoms with Crippen LogP contribution in [0.15, 0.2) is 29.7 Å². The number of cyclic esters (lactones) is 1. The van der Waals surface area contributed by atoms with Crippen LogP contribution in [0.3, 0.4) is 0 Å². The van der Waals surface area contributed by atoms with Gasteiger partial charge in [0, 0.05) is 19.8 Å². The molecular formula is C20H16N4O6. The van der Waals surface area contributed by atoms with Crippen LogP contribution in [0, 0.1) is 51.2 Å². The highest BCUT2D eigenvalue weighted by atomic mass is 16.8. The monoisotopic (exact) mass is 408 g/mol. The van der Waals surface area contributed by atoms with Crippen molar-refractivity contribution in [3.63, 3.8) is 0 Å². The fourth-order valence-electron chi connectivity index (χ4n) is 3.24. The maximum Gasteiger partial charge on any atom is 0.345 e. The molecule has 2 heterocycles. The molecule has 0 bridgehead atoms. The largest absolute Gasteiger partial charge is 0.480 e. The summed E-state index contributed by atoms with van der Waals surface area (Å²) in [5.74, 6) is -6.64. The molecule has 0 aromatic heterocycles.